The van der Waals surface area contributed by atoms with E-state index in [-0.39, 0.29) is 42.6 Å². The maximum Gasteiger partial charge on any atom is 0.322 e. The molecule has 2 aromatic rings. The molecule has 2 aromatic carbocycles. The minimum Gasteiger partial charge on any atom is -0.394 e. The lowest BCUT2D eigenvalue weighted by Gasteiger charge is -2.58. The number of anilines is 1. The van der Waals surface area contributed by atoms with Crippen molar-refractivity contribution in [2.24, 2.45) is 0 Å². The van der Waals surface area contributed by atoms with Crippen molar-refractivity contribution < 1.29 is 19.1 Å². The fraction of sp³-hybridized carbons (Fsp3) is 0.364. The Bertz CT molecular complexity index is 931. The molecule has 4 rings (SSSR count). The molecule has 3 amide bonds. The summed E-state index contributed by atoms with van der Waals surface area (Å²) >= 11 is 0. The number of rotatable bonds is 3. The number of aliphatic hydroxyl groups excluding tert-OH is 1. The number of para-hydroxylation sites is 1. The van der Waals surface area contributed by atoms with Crippen LogP contribution in [0.3, 0.4) is 0 Å². The van der Waals surface area contributed by atoms with Crippen LogP contribution >= 0.6 is 0 Å². The lowest BCUT2D eigenvalue weighted by Crippen LogP contribution is -2.71. The zero-order valence-electron chi connectivity index (χ0n) is 16.4. The molecule has 2 aliphatic rings. The van der Waals surface area contributed by atoms with Crippen molar-refractivity contribution in [3.8, 4) is 0 Å². The molecule has 2 N–H and O–H groups in total. The molecule has 0 saturated carbocycles. The van der Waals surface area contributed by atoms with Crippen molar-refractivity contribution in [1.29, 1.82) is 0 Å². The number of likely N-dealkylation sites (tertiary alicyclic amines) is 1. The number of hydrogen-bond donors (Lipinski definition) is 2. The van der Waals surface area contributed by atoms with Gasteiger partial charge in [-0.25, -0.2) is 9.18 Å². The molecule has 6 nitrogen and oxygen atoms in total. The molecule has 3 atom stereocenters. The van der Waals surface area contributed by atoms with E-state index in [1.165, 1.54) is 24.3 Å². The number of hydrogen-bond acceptors (Lipinski definition) is 3. The summed E-state index contributed by atoms with van der Waals surface area (Å²) < 4.78 is 13.3. The number of aliphatic hydroxyl groups is 1. The third-order valence-corrected chi connectivity index (χ3v) is 5.67. The number of amides is 3. The SMILES string of the molecule is CC(C)NC(=O)N1C[C@@H]2[C@H](c3ccccc31)[C@H](CO)N2C(=O)c1ccc(F)cc1. The number of nitrogens with zero attached hydrogens (tertiary/aromatic N) is 2. The van der Waals surface area contributed by atoms with Crippen molar-refractivity contribution in [1.82, 2.24) is 10.2 Å². The van der Waals surface area contributed by atoms with Gasteiger partial charge in [0.05, 0.1) is 18.7 Å². The summed E-state index contributed by atoms with van der Waals surface area (Å²) in [6.45, 7) is 3.95. The Labute approximate surface area is 168 Å². The van der Waals surface area contributed by atoms with E-state index in [4.69, 9.17) is 0 Å². The standard InChI is InChI=1S/C22H24FN3O3/c1-13(2)24-22(29)25-11-18-20(16-5-3-4-6-17(16)25)19(12-27)26(18)21(28)14-7-9-15(23)10-8-14/h3-10,13,18-20,27H,11-12H2,1-2H3,(H,24,29)/t18-,19+,20+/m1/s1. The van der Waals surface area contributed by atoms with Crippen LogP contribution in [-0.2, 0) is 0 Å². The molecule has 2 heterocycles. The fourth-order valence-corrected chi connectivity index (χ4v) is 4.43. The highest BCUT2D eigenvalue weighted by molar-refractivity contribution is 5.98. The molecular weight excluding hydrogens is 373 g/mol. The van der Waals surface area contributed by atoms with Crippen molar-refractivity contribution in [2.45, 2.75) is 37.9 Å². The number of fused-ring (bicyclic) bond motifs is 3. The smallest absolute Gasteiger partial charge is 0.322 e. The highest BCUT2D eigenvalue weighted by Gasteiger charge is 2.55. The maximum absolute atomic E-state index is 13.3. The van der Waals surface area contributed by atoms with Gasteiger partial charge in [-0.05, 0) is 49.7 Å². The lowest BCUT2D eigenvalue weighted by atomic mass is 9.71. The van der Waals surface area contributed by atoms with Gasteiger partial charge in [0.2, 0.25) is 0 Å². The van der Waals surface area contributed by atoms with Gasteiger partial charge in [0.25, 0.3) is 5.91 Å². The largest absolute Gasteiger partial charge is 0.394 e. The summed E-state index contributed by atoms with van der Waals surface area (Å²) in [5.41, 5.74) is 2.12. The van der Waals surface area contributed by atoms with Crippen LogP contribution in [0.5, 0.6) is 0 Å². The van der Waals surface area contributed by atoms with E-state index in [9.17, 15) is 19.1 Å². The van der Waals surface area contributed by atoms with Gasteiger partial charge in [0.15, 0.2) is 0 Å². The van der Waals surface area contributed by atoms with Gasteiger partial charge >= 0.3 is 6.03 Å². The van der Waals surface area contributed by atoms with Crippen LogP contribution in [0, 0.1) is 5.82 Å². The first-order chi connectivity index (χ1) is 13.9. The Morgan fingerprint density at radius 3 is 2.52 bits per heavy atom. The number of benzene rings is 2. The summed E-state index contributed by atoms with van der Waals surface area (Å²) in [6.07, 6.45) is 0. The van der Waals surface area contributed by atoms with Crippen LogP contribution in [0.2, 0.25) is 0 Å². The van der Waals surface area contributed by atoms with E-state index < -0.39 is 5.82 Å². The summed E-state index contributed by atoms with van der Waals surface area (Å²) in [6, 6.07) is 12.1. The van der Waals surface area contributed by atoms with Gasteiger partial charge < -0.3 is 15.3 Å². The number of halogens is 1. The lowest BCUT2D eigenvalue weighted by molar-refractivity contribution is -0.0242. The Morgan fingerprint density at radius 1 is 1.17 bits per heavy atom. The molecule has 0 bridgehead atoms. The number of urea groups is 1. The Balaban J connectivity index is 1.68. The van der Waals surface area contributed by atoms with Crippen molar-refractivity contribution in [2.75, 3.05) is 18.1 Å². The van der Waals surface area contributed by atoms with Crippen molar-refractivity contribution in [3.05, 3.63) is 65.5 Å². The second-order valence-electron chi connectivity index (χ2n) is 7.84. The van der Waals surface area contributed by atoms with Crippen LogP contribution < -0.4 is 10.2 Å². The maximum atomic E-state index is 13.3. The molecule has 2 aliphatic heterocycles. The summed E-state index contributed by atoms with van der Waals surface area (Å²) in [4.78, 5) is 29.2. The van der Waals surface area contributed by atoms with Crippen LogP contribution in [0.25, 0.3) is 0 Å². The van der Waals surface area contributed by atoms with E-state index in [0.29, 0.717) is 12.1 Å². The second kappa shape index (κ2) is 7.48. The van der Waals surface area contributed by atoms with Crippen molar-refractivity contribution in [3.63, 3.8) is 0 Å². The van der Waals surface area contributed by atoms with Gasteiger partial charge in [0.1, 0.15) is 5.82 Å². The minimum absolute atomic E-state index is 0.0177. The Kier molecular flexibility index (Phi) is 5.00. The highest BCUT2D eigenvalue weighted by atomic mass is 19.1. The number of nitrogens with one attached hydrogen (secondary N) is 1. The molecule has 1 saturated heterocycles. The van der Waals surface area contributed by atoms with E-state index in [1.807, 2.05) is 38.1 Å². The Hall–Kier alpha value is -2.93. The highest BCUT2D eigenvalue weighted by Crippen LogP contribution is 2.48. The molecule has 29 heavy (non-hydrogen) atoms. The summed E-state index contributed by atoms with van der Waals surface area (Å²) in [7, 11) is 0. The molecule has 0 spiro atoms. The van der Waals surface area contributed by atoms with Crippen LogP contribution in [-0.4, -0.2) is 53.2 Å². The average Bonchev–Trinajstić information content (AvgIpc) is 2.68. The normalized spacial score (nSPS) is 22.6. The second-order valence-corrected chi connectivity index (χ2v) is 7.84. The van der Waals surface area contributed by atoms with E-state index in [0.717, 1.165) is 11.3 Å². The van der Waals surface area contributed by atoms with Crippen LogP contribution in [0.4, 0.5) is 14.9 Å². The first-order valence-corrected chi connectivity index (χ1v) is 9.78. The first-order valence-electron chi connectivity index (χ1n) is 9.78. The predicted octanol–water partition coefficient (Wildman–Crippen LogP) is 2.73. The fourth-order valence-electron chi connectivity index (χ4n) is 4.43. The first kappa shape index (κ1) is 19.4. The van der Waals surface area contributed by atoms with Gasteiger partial charge in [-0.1, -0.05) is 18.2 Å². The molecule has 152 valence electrons. The third-order valence-electron chi connectivity index (χ3n) is 5.67. The van der Waals surface area contributed by atoms with Crippen LogP contribution in [0.1, 0.15) is 35.7 Å². The monoisotopic (exact) mass is 397 g/mol. The quantitative estimate of drug-likeness (QED) is 0.837. The number of carbonyl (C=O) groups excluding carboxylic acids is 2. The summed E-state index contributed by atoms with van der Waals surface area (Å²) in [5.74, 6) is -0.734. The molecule has 7 heteroatoms. The Morgan fingerprint density at radius 2 is 1.86 bits per heavy atom. The van der Waals surface area contributed by atoms with Crippen LogP contribution in [0.15, 0.2) is 48.5 Å². The van der Waals surface area contributed by atoms with E-state index in [2.05, 4.69) is 5.32 Å². The van der Waals surface area contributed by atoms with Gasteiger partial charge in [-0.15, -0.1) is 0 Å². The zero-order valence-corrected chi connectivity index (χ0v) is 16.4. The van der Waals surface area contributed by atoms with E-state index in [1.54, 1.807) is 9.80 Å². The zero-order chi connectivity index (χ0) is 20.7. The molecule has 0 unspecified atom stereocenters. The molecule has 0 aromatic heterocycles. The molecule has 0 radical (unpaired) electrons. The summed E-state index contributed by atoms with van der Waals surface area (Å²) in [5, 5.41) is 12.9. The molecule has 0 aliphatic carbocycles. The minimum atomic E-state index is -0.412. The van der Waals surface area contributed by atoms with Gasteiger partial charge in [-0.2, -0.15) is 0 Å². The topological polar surface area (TPSA) is 72.9 Å². The van der Waals surface area contributed by atoms with Gasteiger partial charge in [0, 0.05) is 29.8 Å². The molecular formula is C22H24FN3O3. The predicted molar refractivity (Wildman–Crippen MR) is 107 cm³/mol. The average molecular weight is 397 g/mol. The molecule has 1 fully saturated rings. The number of carbonyl (C=O) groups is 2. The van der Waals surface area contributed by atoms with Gasteiger partial charge in [-0.3, -0.25) is 9.69 Å². The van der Waals surface area contributed by atoms with E-state index >= 15 is 0 Å². The van der Waals surface area contributed by atoms with Crippen molar-refractivity contribution >= 4 is 17.6 Å². The third kappa shape index (κ3) is 3.25.